The molecule has 1 aromatic carbocycles. The van der Waals surface area contributed by atoms with E-state index in [0.29, 0.717) is 5.69 Å². The fourth-order valence-electron chi connectivity index (χ4n) is 2.61. The quantitative estimate of drug-likeness (QED) is 0.744. The van der Waals surface area contributed by atoms with Gasteiger partial charge in [-0.1, -0.05) is 18.2 Å². The molecule has 0 aliphatic heterocycles. The molecular weight excluding hydrogens is 316 g/mol. The molecule has 124 valence electrons. The minimum absolute atomic E-state index is 0.110. The standard InChI is InChI=1S/C19H16N4O2/c1-12-4-3-5-16(22-12)13-6-8-15(9-7-13)23-11-14(10-20)17(21)18(23)19(24)25-2/h3-9,11H,21H2,1-2H3. The molecule has 0 saturated heterocycles. The molecular formula is C19H16N4O2. The van der Waals surface area contributed by atoms with Crippen molar-refractivity contribution < 1.29 is 9.53 Å². The number of rotatable bonds is 3. The summed E-state index contributed by atoms with van der Waals surface area (Å²) in [5, 5.41) is 9.17. The number of carbonyl (C=O) groups is 1. The summed E-state index contributed by atoms with van der Waals surface area (Å²) in [7, 11) is 1.28. The van der Waals surface area contributed by atoms with E-state index in [1.807, 2.05) is 55.5 Å². The maximum atomic E-state index is 12.0. The first kappa shape index (κ1) is 16.3. The molecule has 0 unspecified atom stereocenters. The number of esters is 1. The number of pyridine rings is 1. The number of hydrogen-bond donors (Lipinski definition) is 1. The van der Waals surface area contributed by atoms with Crippen molar-refractivity contribution >= 4 is 11.7 Å². The van der Waals surface area contributed by atoms with Crippen molar-refractivity contribution in [1.82, 2.24) is 9.55 Å². The van der Waals surface area contributed by atoms with Crippen molar-refractivity contribution in [3.05, 3.63) is 65.6 Å². The molecule has 0 spiro atoms. The van der Waals surface area contributed by atoms with Gasteiger partial charge in [0.2, 0.25) is 0 Å². The van der Waals surface area contributed by atoms with Crippen molar-refractivity contribution in [2.45, 2.75) is 6.92 Å². The second-order valence-corrected chi connectivity index (χ2v) is 5.49. The summed E-state index contributed by atoms with van der Waals surface area (Å²) in [6.07, 6.45) is 1.53. The zero-order chi connectivity index (χ0) is 18.0. The van der Waals surface area contributed by atoms with E-state index in [4.69, 9.17) is 10.5 Å². The Morgan fingerprint density at radius 3 is 2.56 bits per heavy atom. The highest BCUT2D eigenvalue weighted by Crippen LogP contribution is 2.26. The molecule has 2 N–H and O–H groups in total. The molecule has 25 heavy (non-hydrogen) atoms. The van der Waals surface area contributed by atoms with E-state index in [-0.39, 0.29) is 16.9 Å². The third kappa shape index (κ3) is 2.95. The van der Waals surface area contributed by atoms with Crippen LogP contribution in [0.1, 0.15) is 21.7 Å². The van der Waals surface area contributed by atoms with Gasteiger partial charge in [-0.15, -0.1) is 0 Å². The van der Waals surface area contributed by atoms with Gasteiger partial charge in [0.05, 0.1) is 24.1 Å². The lowest BCUT2D eigenvalue weighted by atomic mass is 10.1. The summed E-state index contributed by atoms with van der Waals surface area (Å²) in [5.41, 5.74) is 9.84. The summed E-state index contributed by atoms with van der Waals surface area (Å²) in [5.74, 6) is -0.594. The van der Waals surface area contributed by atoms with Crippen LogP contribution in [0.4, 0.5) is 5.69 Å². The summed E-state index contributed by atoms with van der Waals surface area (Å²) < 4.78 is 6.35. The van der Waals surface area contributed by atoms with Gasteiger partial charge in [-0.2, -0.15) is 5.26 Å². The molecule has 0 saturated carbocycles. The van der Waals surface area contributed by atoms with Gasteiger partial charge in [0, 0.05) is 23.1 Å². The molecule has 0 bridgehead atoms. The highest BCUT2D eigenvalue weighted by Gasteiger charge is 2.21. The topological polar surface area (TPSA) is 93.9 Å². The van der Waals surface area contributed by atoms with Crippen molar-refractivity contribution in [3.8, 4) is 23.0 Å². The largest absolute Gasteiger partial charge is 0.464 e. The molecule has 0 aliphatic carbocycles. The summed E-state index contributed by atoms with van der Waals surface area (Å²) in [6.45, 7) is 1.94. The Hall–Kier alpha value is -3.59. The molecule has 2 aromatic heterocycles. The monoisotopic (exact) mass is 332 g/mol. The zero-order valence-electron chi connectivity index (χ0n) is 13.9. The smallest absolute Gasteiger partial charge is 0.357 e. The Balaban J connectivity index is 2.06. The second-order valence-electron chi connectivity index (χ2n) is 5.49. The van der Waals surface area contributed by atoms with E-state index in [1.165, 1.54) is 13.3 Å². The highest BCUT2D eigenvalue weighted by molar-refractivity contribution is 5.96. The zero-order valence-corrected chi connectivity index (χ0v) is 13.9. The van der Waals surface area contributed by atoms with E-state index >= 15 is 0 Å². The van der Waals surface area contributed by atoms with Crippen LogP contribution in [0.2, 0.25) is 0 Å². The molecule has 6 nitrogen and oxygen atoms in total. The number of methoxy groups -OCH3 is 1. The average molecular weight is 332 g/mol. The number of nitrogens with two attached hydrogens (primary N) is 1. The van der Waals surface area contributed by atoms with Crippen molar-refractivity contribution in [2.75, 3.05) is 12.8 Å². The third-order valence-electron chi connectivity index (χ3n) is 3.87. The van der Waals surface area contributed by atoms with Crippen LogP contribution in [0.15, 0.2) is 48.7 Å². The first-order valence-electron chi connectivity index (χ1n) is 7.59. The van der Waals surface area contributed by atoms with E-state index < -0.39 is 5.97 Å². The summed E-state index contributed by atoms with van der Waals surface area (Å²) in [6, 6.07) is 15.3. The Kier molecular flexibility index (Phi) is 4.23. The lowest BCUT2D eigenvalue weighted by molar-refractivity contribution is 0.0593. The Morgan fingerprint density at radius 2 is 1.96 bits per heavy atom. The minimum atomic E-state index is -0.594. The van der Waals surface area contributed by atoms with Crippen LogP contribution < -0.4 is 5.73 Å². The SMILES string of the molecule is COC(=O)c1c(N)c(C#N)cn1-c1ccc(-c2cccc(C)n2)cc1. The van der Waals surface area contributed by atoms with Crippen LogP contribution in [-0.2, 0) is 4.74 Å². The number of nitrogens with zero attached hydrogens (tertiary/aromatic N) is 3. The van der Waals surface area contributed by atoms with Gasteiger partial charge in [0.1, 0.15) is 6.07 Å². The highest BCUT2D eigenvalue weighted by atomic mass is 16.5. The van der Waals surface area contributed by atoms with Crippen LogP contribution in [0, 0.1) is 18.3 Å². The van der Waals surface area contributed by atoms with E-state index in [9.17, 15) is 10.1 Å². The lowest BCUT2D eigenvalue weighted by Crippen LogP contribution is -2.11. The van der Waals surface area contributed by atoms with Crippen LogP contribution in [0.3, 0.4) is 0 Å². The summed E-state index contributed by atoms with van der Waals surface area (Å²) >= 11 is 0. The average Bonchev–Trinajstić information content (AvgIpc) is 2.97. The van der Waals surface area contributed by atoms with Crippen LogP contribution >= 0.6 is 0 Å². The van der Waals surface area contributed by atoms with Crippen LogP contribution in [-0.4, -0.2) is 22.6 Å². The van der Waals surface area contributed by atoms with Gasteiger partial charge in [0.25, 0.3) is 0 Å². The van der Waals surface area contributed by atoms with E-state index in [0.717, 1.165) is 17.0 Å². The molecule has 0 aliphatic rings. The fraction of sp³-hybridized carbons (Fsp3) is 0.105. The number of nitrogen functional groups attached to an aromatic ring is 1. The molecule has 0 radical (unpaired) electrons. The first-order valence-corrected chi connectivity index (χ1v) is 7.59. The normalized spacial score (nSPS) is 10.3. The van der Waals surface area contributed by atoms with Gasteiger partial charge in [-0.05, 0) is 31.2 Å². The maximum Gasteiger partial charge on any atom is 0.357 e. The van der Waals surface area contributed by atoms with Crippen LogP contribution in [0.5, 0.6) is 0 Å². The van der Waals surface area contributed by atoms with Gasteiger partial charge in [0.15, 0.2) is 5.69 Å². The predicted octanol–water partition coefficient (Wildman–Crippen LogP) is 3.09. The Bertz CT molecular complexity index is 982. The lowest BCUT2D eigenvalue weighted by Gasteiger charge is -2.09. The molecule has 6 heteroatoms. The molecule has 0 fully saturated rings. The number of aromatic nitrogens is 2. The van der Waals surface area contributed by atoms with E-state index in [1.54, 1.807) is 4.57 Å². The number of aryl methyl sites for hydroxylation is 1. The van der Waals surface area contributed by atoms with Crippen LogP contribution in [0.25, 0.3) is 16.9 Å². The van der Waals surface area contributed by atoms with E-state index in [2.05, 4.69) is 4.98 Å². The molecule has 2 heterocycles. The van der Waals surface area contributed by atoms with Crippen molar-refractivity contribution in [1.29, 1.82) is 5.26 Å². The second kappa shape index (κ2) is 6.49. The van der Waals surface area contributed by atoms with Crippen molar-refractivity contribution in [3.63, 3.8) is 0 Å². The predicted molar refractivity (Wildman–Crippen MR) is 94.2 cm³/mol. The Labute approximate surface area is 145 Å². The minimum Gasteiger partial charge on any atom is -0.464 e. The molecule has 0 atom stereocenters. The van der Waals surface area contributed by atoms with Gasteiger partial charge in [-0.25, -0.2) is 4.79 Å². The third-order valence-corrected chi connectivity index (χ3v) is 3.87. The number of ether oxygens (including phenoxy) is 1. The summed E-state index contributed by atoms with van der Waals surface area (Å²) in [4.78, 5) is 16.5. The number of anilines is 1. The van der Waals surface area contributed by atoms with Crippen molar-refractivity contribution in [2.24, 2.45) is 0 Å². The van der Waals surface area contributed by atoms with Gasteiger partial charge < -0.3 is 15.0 Å². The van der Waals surface area contributed by atoms with Gasteiger partial charge >= 0.3 is 5.97 Å². The number of benzene rings is 1. The molecule has 3 aromatic rings. The number of nitriles is 1. The maximum absolute atomic E-state index is 12.0. The van der Waals surface area contributed by atoms with Gasteiger partial charge in [-0.3, -0.25) is 4.98 Å². The fourth-order valence-corrected chi connectivity index (χ4v) is 2.61. The molecule has 0 amide bonds. The molecule has 3 rings (SSSR count). The number of hydrogen-bond acceptors (Lipinski definition) is 5. The Morgan fingerprint density at radius 1 is 1.24 bits per heavy atom. The number of carbonyl (C=O) groups excluding carboxylic acids is 1. The first-order chi connectivity index (χ1) is 12.0.